The van der Waals surface area contributed by atoms with Gasteiger partial charge in [-0.15, -0.1) is 0 Å². The van der Waals surface area contributed by atoms with Gasteiger partial charge in [0, 0.05) is 25.6 Å². The molecule has 2 aromatic rings. The first-order valence-electron chi connectivity index (χ1n) is 8.42. The van der Waals surface area contributed by atoms with Crippen molar-refractivity contribution in [2.45, 2.75) is 26.3 Å². The maximum atomic E-state index is 12.1. The molecule has 0 bridgehead atoms. The standard InChI is InChI=1S/C20H24N2O3/c1-3-25-18-7-5-4-6-16(18)12-13-19(23)22-14-15-8-10-17(11-9-15)20(24)21-2/h4-11H,3,12-14H2,1-2H3,(H,21,24)(H,22,23). The molecule has 0 aliphatic rings. The highest BCUT2D eigenvalue weighted by atomic mass is 16.5. The Morgan fingerprint density at radius 1 is 1.04 bits per heavy atom. The predicted molar refractivity (Wildman–Crippen MR) is 97.6 cm³/mol. The Kier molecular flexibility index (Phi) is 7.01. The van der Waals surface area contributed by atoms with Crippen molar-refractivity contribution in [2.24, 2.45) is 0 Å². The molecule has 0 fully saturated rings. The van der Waals surface area contributed by atoms with Crippen LogP contribution >= 0.6 is 0 Å². The van der Waals surface area contributed by atoms with Crippen molar-refractivity contribution in [1.29, 1.82) is 0 Å². The molecule has 0 aliphatic heterocycles. The van der Waals surface area contributed by atoms with Crippen molar-refractivity contribution in [3.8, 4) is 5.75 Å². The largest absolute Gasteiger partial charge is 0.494 e. The first kappa shape index (κ1) is 18.5. The van der Waals surface area contributed by atoms with Crippen LogP contribution in [0.15, 0.2) is 48.5 Å². The van der Waals surface area contributed by atoms with E-state index in [0.717, 1.165) is 16.9 Å². The van der Waals surface area contributed by atoms with E-state index in [9.17, 15) is 9.59 Å². The van der Waals surface area contributed by atoms with Gasteiger partial charge in [0.2, 0.25) is 5.91 Å². The van der Waals surface area contributed by atoms with Gasteiger partial charge in [-0.05, 0) is 42.7 Å². The molecule has 2 aromatic carbocycles. The number of nitrogens with one attached hydrogen (secondary N) is 2. The van der Waals surface area contributed by atoms with E-state index in [1.54, 1.807) is 19.2 Å². The fourth-order valence-electron chi connectivity index (χ4n) is 2.46. The Hall–Kier alpha value is -2.82. The number of benzene rings is 2. The van der Waals surface area contributed by atoms with Crippen molar-refractivity contribution in [3.63, 3.8) is 0 Å². The van der Waals surface area contributed by atoms with Gasteiger partial charge in [-0.3, -0.25) is 9.59 Å². The number of para-hydroxylation sites is 1. The van der Waals surface area contributed by atoms with Crippen molar-refractivity contribution in [3.05, 3.63) is 65.2 Å². The van der Waals surface area contributed by atoms with Crippen LogP contribution < -0.4 is 15.4 Å². The van der Waals surface area contributed by atoms with Gasteiger partial charge in [0.25, 0.3) is 5.91 Å². The molecular formula is C20H24N2O3. The van der Waals surface area contributed by atoms with E-state index in [2.05, 4.69) is 10.6 Å². The van der Waals surface area contributed by atoms with E-state index >= 15 is 0 Å². The number of hydrogen-bond acceptors (Lipinski definition) is 3. The highest BCUT2D eigenvalue weighted by Gasteiger charge is 2.07. The van der Waals surface area contributed by atoms with Crippen LogP contribution in [-0.2, 0) is 17.8 Å². The van der Waals surface area contributed by atoms with Crippen molar-refractivity contribution < 1.29 is 14.3 Å². The summed E-state index contributed by atoms with van der Waals surface area (Å²) in [6.07, 6.45) is 1.04. The highest BCUT2D eigenvalue weighted by molar-refractivity contribution is 5.93. The molecule has 0 radical (unpaired) electrons. The molecule has 0 aliphatic carbocycles. The van der Waals surface area contributed by atoms with Crippen LogP contribution in [0.5, 0.6) is 5.75 Å². The molecular weight excluding hydrogens is 316 g/mol. The molecule has 2 N–H and O–H groups in total. The van der Waals surface area contributed by atoms with E-state index in [1.165, 1.54) is 0 Å². The average Bonchev–Trinajstić information content (AvgIpc) is 2.65. The highest BCUT2D eigenvalue weighted by Crippen LogP contribution is 2.19. The molecule has 0 unspecified atom stereocenters. The fourth-order valence-corrected chi connectivity index (χ4v) is 2.46. The molecule has 0 spiro atoms. The molecule has 0 saturated carbocycles. The van der Waals surface area contributed by atoms with Crippen molar-refractivity contribution >= 4 is 11.8 Å². The lowest BCUT2D eigenvalue weighted by molar-refractivity contribution is -0.121. The van der Waals surface area contributed by atoms with Gasteiger partial charge in [0.15, 0.2) is 0 Å². The first-order valence-corrected chi connectivity index (χ1v) is 8.42. The lowest BCUT2D eigenvalue weighted by atomic mass is 10.1. The van der Waals surface area contributed by atoms with Crippen LogP contribution in [0, 0.1) is 0 Å². The van der Waals surface area contributed by atoms with Gasteiger partial charge in [-0.2, -0.15) is 0 Å². The number of hydrogen-bond donors (Lipinski definition) is 2. The van der Waals surface area contributed by atoms with Crippen molar-refractivity contribution in [2.75, 3.05) is 13.7 Å². The topological polar surface area (TPSA) is 67.4 Å². The van der Waals surface area contributed by atoms with Crippen LogP contribution in [0.25, 0.3) is 0 Å². The van der Waals surface area contributed by atoms with Crippen LogP contribution in [-0.4, -0.2) is 25.5 Å². The van der Waals surface area contributed by atoms with Gasteiger partial charge < -0.3 is 15.4 Å². The Morgan fingerprint density at radius 2 is 1.76 bits per heavy atom. The van der Waals surface area contributed by atoms with Gasteiger partial charge in [0.1, 0.15) is 5.75 Å². The molecule has 0 saturated heterocycles. The summed E-state index contributed by atoms with van der Waals surface area (Å²) < 4.78 is 5.57. The molecule has 5 heteroatoms. The van der Waals surface area contributed by atoms with Gasteiger partial charge in [-0.25, -0.2) is 0 Å². The molecule has 0 atom stereocenters. The van der Waals surface area contributed by atoms with Gasteiger partial charge in [-0.1, -0.05) is 30.3 Å². The van der Waals surface area contributed by atoms with Gasteiger partial charge >= 0.3 is 0 Å². The maximum absolute atomic E-state index is 12.1. The Balaban J connectivity index is 1.82. The van der Waals surface area contributed by atoms with Crippen LogP contribution in [0.3, 0.4) is 0 Å². The summed E-state index contributed by atoms with van der Waals surface area (Å²) in [5.41, 5.74) is 2.59. The number of amides is 2. The first-order chi connectivity index (χ1) is 12.1. The van der Waals surface area contributed by atoms with Crippen LogP contribution in [0.4, 0.5) is 0 Å². The summed E-state index contributed by atoms with van der Waals surface area (Å²) in [5, 5.41) is 5.48. The maximum Gasteiger partial charge on any atom is 0.251 e. The zero-order valence-corrected chi connectivity index (χ0v) is 14.7. The minimum absolute atomic E-state index is 0.0123. The lowest BCUT2D eigenvalue weighted by Gasteiger charge is -2.10. The molecule has 2 amide bonds. The molecule has 0 aromatic heterocycles. The summed E-state index contributed by atoms with van der Waals surface area (Å²) in [4.78, 5) is 23.6. The normalized spacial score (nSPS) is 10.2. The smallest absolute Gasteiger partial charge is 0.251 e. The zero-order chi connectivity index (χ0) is 18.1. The summed E-state index contributed by atoms with van der Waals surface area (Å²) in [7, 11) is 1.60. The van der Waals surface area contributed by atoms with Gasteiger partial charge in [0.05, 0.1) is 6.61 Å². The number of ether oxygens (including phenoxy) is 1. The quantitative estimate of drug-likeness (QED) is 0.776. The molecule has 5 nitrogen and oxygen atoms in total. The number of carbonyl (C=O) groups is 2. The number of carbonyl (C=O) groups excluding carboxylic acids is 2. The summed E-state index contributed by atoms with van der Waals surface area (Å²) in [6, 6.07) is 15.0. The minimum Gasteiger partial charge on any atom is -0.494 e. The summed E-state index contributed by atoms with van der Waals surface area (Å²) in [5.74, 6) is 0.702. The Bertz CT molecular complexity index is 711. The summed E-state index contributed by atoms with van der Waals surface area (Å²) >= 11 is 0. The number of rotatable bonds is 8. The molecule has 25 heavy (non-hydrogen) atoms. The molecule has 132 valence electrons. The SMILES string of the molecule is CCOc1ccccc1CCC(=O)NCc1ccc(C(=O)NC)cc1. The van der Waals surface area contributed by atoms with E-state index in [0.29, 0.717) is 31.6 Å². The van der Waals surface area contributed by atoms with E-state index < -0.39 is 0 Å². The summed E-state index contributed by atoms with van der Waals surface area (Å²) in [6.45, 7) is 2.99. The van der Waals surface area contributed by atoms with E-state index in [4.69, 9.17) is 4.74 Å². The third-order valence-corrected chi connectivity index (χ3v) is 3.83. The molecule has 2 rings (SSSR count). The second kappa shape index (κ2) is 9.47. The van der Waals surface area contributed by atoms with Crippen molar-refractivity contribution in [1.82, 2.24) is 10.6 Å². The Morgan fingerprint density at radius 3 is 2.44 bits per heavy atom. The second-order valence-electron chi connectivity index (χ2n) is 5.59. The van der Waals surface area contributed by atoms with E-state index in [1.807, 2.05) is 43.3 Å². The number of aryl methyl sites for hydroxylation is 1. The second-order valence-corrected chi connectivity index (χ2v) is 5.59. The lowest BCUT2D eigenvalue weighted by Crippen LogP contribution is -2.23. The third kappa shape index (κ3) is 5.64. The third-order valence-electron chi connectivity index (χ3n) is 3.83. The van der Waals surface area contributed by atoms with E-state index in [-0.39, 0.29) is 11.8 Å². The molecule has 0 heterocycles. The minimum atomic E-state index is -0.122. The fraction of sp³-hybridized carbons (Fsp3) is 0.300. The Labute approximate surface area is 148 Å². The monoisotopic (exact) mass is 340 g/mol. The van der Waals surface area contributed by atoms with Crippen LogP contribution in [0.2, 0.25) is 0 Å². The predicted octanol–water partition coefficient (Wildman–Crippen LogP) is 2.69. The average molecular weight is 340 g/mol. The van der Waals surface area contributed by atoms with Crippen LogP contribution in [0.1, 0.15) is 34.8 Å². The zero-order valence-electron chi connectivity index (χ0n) is 14.7.